The lowest BCUT2D eigenvalue weighted by atomic mass is 9.90. The highest BCUT2D eigenvalue weighted by atomic mass is 14.9. The lowest BCUT2D eigenvalue weighted by molar-refractivity contribution is 0.274. The van der Waals surface area contributed by atoms with Gasteiger partial charge in [0, 0.05) is 12.1 Å². The van der Waals surface area contributed by atoms with Crippen molar-refractivity contribution in [2.45, 2.75) is 89.6 Å². The highest BCUT2D eigenvalue weighted by molar-refractivity contribution is 4.80. The lowest BCUT2D eigenvalue weighted by Crippen LogP contribution is -2.41. The van der Waals surface area contributed by atoms with Crippen molar-refractivity contribution >= 4 is 0 Å². The first-order valence-corrected chi connectivity index (χ1v) is 7.62. The Morgan fingerprint density at radius 2 is 1.25 bits per heavy atom. The van der Waals surface area contributed by atoms with Crippen LogP contribution in [0.2, 0.25) is 0 Å². The number of hydrogen-bond acceptors (Lipinski definition) is 1. The van der Waals surface area contributed by atoms with Crippen LogP contribution in [0, 0.1) is 5.92 Å². The molecule has 1 atom stereocenters. The summed E-state index contributed by atoms with van der Waals surface area (Å²) in [5, 5.41) is 3.92. The first kappa shape index (κ1) is 12.4. The van der Waals surface area contributed by atoms with Gasteiger partial charge in [-0.3, -0.25) is 0 Å². The van der Waals surface area contributed by atoms with Crippen LogP contribution in [-0.4, -0.2) is 12.1 Å². The second kappa shape index (κ2) is 6.64. The molecule has 0 amide bonds. The van der Waals surface area contributed by atoms with Gasteiger partial charge in [0.25, 0.3) is 0 Å². The monoisotopic (exact) mass is 223 g/mol. The van der Waals surface area contributed by atoms with Crippen LogP contribution < -0.4 is 5.32 Å². The first-order chi connectivity index (χ1) is 7.86. The standard InChI is InChI=1S/C15H29N/c1-13(14-9-5-2-3-6-10-14)16-15-11-7-4-8-12-15/h13-16H,2-12H2,1H3/t13-/m1/s1. The molecular formula is C15H29N. The molecule has 1 N–H and O–H groups in total. The van der Waals surface area contributed by atoms with E-state index in [1.165, 1.54) is 70.6 Å². The van der Waals surface area contributed by atoms with Crippen LogP contribution >= 0.6 is 0 Å². The van der Waals surface area contributed by atoms with E-state index in [2.05, 4.69) is 12.2 Å². The van der Waals surface area contributed by atoms with E-state index in [1.54, 1.807) is 0 Å². The van der Waals surface area contributed by atoms with Crippen LogP contribution in [-0.2, 0) is 0 Å². The van der Waals surface area contributed by atoms with Gasteiger partial charge in [-0.1, -0.05) is 44.9 Å². The zero-order valence-electron chi connectivity index (χ0n) is 11.0. The van der Waals surface area contributed by atoms with Crippen molar-refractivity contribution in [2.24, 2.45) is 5.92 Å². The number of nitrogens with one attached hydrogen (secondary N) is 1. The van der Waals surface area contributed by atoms with Crippen molar-refractivity contribution in [1.29, 1.82) is 0 Å². The maximum atomic E-state index is 3.92. The molecule has 1 nitrogen and oxygen atoms in total. The molecule has 0 aromatic heterocycles. The molecule has 0 radical (unpaired) electrons. The third-order valence-corrected chi connectivity index (χ3v) is 4.71. The van der Waals surface area contributed by atoms with Crippen molar-refractivity contribution in [3.8, 4) is 0 Å². The predicted octanol–water partition coefficient (Wildman–Crippen LogP) is 4.27. The summed E-state index contributed by atoms with van der Waals surface area (Å²) in [6.07, 6.45) is 16.1. The van der Waals surface area contributed by atoms with Gasteiger partial charge in [0.2, 0.25) is 0 Å². The van der Waals surface area contributed by atoms with Crippen LogP contribution in [0.3, 0.4) is 0 Å². The van der Waals surface area contributed by atoms with Gasteiger partial charge in [-0.15, -0.1) is 0 Å². The average molecular weight is 223 g/mol. The first-order valence-electron chi connectivity index (χ1n) is 7.62. The molecule has 2 rings (SSSR count). The van der Waals surface area contributed by atoms with Gasteiger partial charge in [-0.2, -0.15) is 0 Å². The Morgan fingerprint density at radius 3 is 1.88 bits per heavy atom. The molecule has 0 aliphatic heterocycles. The van der Waals surface area contributed by atoms with Gasteiger partial charge in [-0.25, -0.2) is 0 Å². The van der Waals surface area contributed by atoms with E-state index in [0.29, 0.717) is 0 Å². The van der Waals surface area contributed by atoms with Gasteiger partial charge in [0.15, 0.2) is 0 Å². The van der Waals surface area contributed by atoms with E-state index in [1.807, 2.05) is 0 Å². The molecule has 94 valence electrons. The van der Waals surface area contributed by atoms with Crippen molar-refractivity contribution in [3.63, 3.8) is 0 Å². The van der Waals surface area contributed by atoms with Crippen LogP contribution in [0.4, 0.5) is 0 Å². The molecule has 16 heavy (non-hydrogen) atoms. The zero-order valence-corrected chi connectivity index (χ0v) is 11.0. The maximum absolute atomic E-state index is 3.92. The molecule has 0 bridgehead atoms. The Kier molecular flexibility index (Phi) is 5.15. The summed E-state index contributed by atoms with van der Waals surface area (Å²) < 4.78 is 0. The Labute approximate surface area is 101 Å². The molecule has 2 aliphatic rings. The summed E-state index contributed by atoms with van der Waals surface area (Å²) >= 11 is 0. The third-order valence-electron chi connectivity index (χ3n) is 4.71. The molecule has 0 saturated heterocycles. The maximum Gasteiger partial charge on any atom is 0.00696 e. The molecule has 0 aromatic carbocycles. The number of hydrogen-bond donors (Lipinski definition) is 1. The second-order valence-corrected chi connectivity index (χ2v) is 6.04. The summed E-state index contributed by atoms with van der Waals surface area (Å²) in [6.45, 7) is 2.44. The largest absolute Gasteiger partial charge is 0.311 e. The van der Waals surface area contributed by atoms with Gasteiger partial charge < -0.3 is 5.32 Å². The Bertz CT molecular complexity index is 176. The average Bonchev–Trinajstić information content (AvgIpc) is 2.59. The molecule has 0 unspecified atom stereocenters. The third kappa shape index (κ3) is 3.76. The van der Waals surface area contributed by atoms with Gasteiger partial charge >= 0.3 is 0 Å². The van der Waals surface area contributed by atoms with Crippen molar-refractivity contribution in [1.82, 2.24) is 5.32 Å². The van der Waals surface area contributed by atoms with Crippen LogP contribution in [0.5, 0.6) is 0 Å². The van der Waals surface area contributed by atoms with Gasteiger partial charge in [-0.05, 0) is 38.5 Å². The fraction of sp³-hybridized carbons (Fsp3) is 1.00. The zero-order chi connectivity index (χ0) is 11.2. The Morgan fingerprint density at radius 1 is 0.750 bits per heavy atom. The summed E-state index contributed by atoms with van der Waals surface area (Å²) in [7, 11) is 0. The molecule has 0 heterocycles. The minimum atomic E-state index is 0.765. The fourth-order valence-electron chi connectivity index (χ4n) is 3.59. The molecule has 0 spiro atoms. The van der Waals surface area contributed by atoms with Crippen LogP contribution in [0.15, 0.2) is 0 Å². The highest BCUT2D eigenvalue weighted by Gasteiger charge is 2.22. The summed E-state index contributed by atoms with van der Waals surface area (Å²) in [6, 6.07) is 1.60. The SMILES string of the molecule is C[C@@H](NC1CCCCC1)C1CCCCCC1. The van der Waals surface area contributed by atoms with Crippen molar-refractivity contribution in [2.75, 3.05) is 0 Å². The quantitative estimate of drug-likeness (QED) is 0.705. The van der Waals surface area contributed by atoms with E-state index < -0.39 is 0 Å². The molecular weight excluding hydrogens is 194 g/mol. The summed E-state index contributed by atoms with van der Waals surface area (Å²) in [5.74, 6) is 0.962. The Hall–Kier alpha value is -0.0400. The van der Waals surface area contributed by atoms with E-state index in [-0.39, 0.29) is 0 Å². The van der Waals surface area contributed by atoms with E-state index in [9.17, 15) is 0 Å². The van der Waals surface area contributed by atoms with Crippen molar-refractivity contribution in [3.05, 3.63) is 0 Å². The molecule has 1 heteroatoms. The lowest BCUT2D eigenvalue weighted by Gasteiger charge is -2.31. The molecule has 2 aliphatic carbocycles. The van der Waals surface area contributed by atoms with Gasteiger partial charge in [0.1, 0.15) is 0 Å². The highest BCUT2D eigenvalue weighted by Crippen LogP contribution is 2.27. The van der Waals surface area contributed by atoms with Crippen molar-refractivity contribution < 1.29 is 0 Å². The minimum Gasteiger partial charge on any atom is -0.311 e. The summed E-state index contributed by atoms with van der Waals surface area (Å²) in [4.78, 5) is 0. The Balaban J connectivity index is 1.74. The van der Waals surface area contributed by atoms with Crippen LogP contribution in [0.1, 0.15) is 77.6 Å². The van der Waals surface area contributed by atoms with E-state index in [0.717, 1.165) is 18.0 Å². The smallest absolute Gasteiger partial charge is 0.00696 e. The van der Waals surface area contributed by atoms with Gasteiger partial charge in [0.05, 0.1) is 0 Å². The fourth-order valence-corrected chi connectivity index (χ4v) is 3.59. The predicted molar refractivity (Wildman–Crippen MR) is 70.7 cm³/mol. The molecule has 2 fully saturated rings. The van der Waals surface area contributed by atoms with E-state index >= 15 is 0 Å². The normalized spacial score (nSPS) is 27.6. The molecule has 0 aromatic rings. The van der Waals surface area contributed by atoms with E-state index in [4.69, 9.17) is 0 Å². The van der Waals surface area contributed by atoms with Crippen LogP contribution in [0.25, 0.3) is 0 Å². The molecule has 2 saturated carbocycles. The number of rotatable bonds is 3. The second-order valence-electron chi connectivity index (χ2n) is 6.04. The topological polar surface area (TPSA) is 12.0 Å². The summed E-state index contributed by atoms with van der Waals surface area (Å²) in [5.41, 5.74) is 0. The minimum absolute atomic E-state index is 0.765.